The van der Waals surface area contributed by atoms with Crippen LogP contribution in [0, 0.1) is 5.92 Å². The smallest absolute Gasteiger partial charge is 0.416 e. The van der Waals surface area contributed by atoms with Gasteiger partial charge in [-0.25, -0.2) is 14.6 Å². The third-order valence-corrected chi connectivity index (χ3v) is 4.30. The van der Waals surface area contributed by atoms with Crippen molar-refractivity contribution in [2.45, 2.75) is 26.4 Å². The SMILES string of the molecule is CC(C)Cc1nc(-c2coc(-c3cccnc3)n2)n(-c2cccc(C(F)(F)F)c2)n1. The van der Waals surface area contributed by atoms with Gasteiger partial charge in [0.25, 0.3) is 0 Å². The second-order valence-electron chi connectivity index (χ2n) is 7.19. The molecule has 0 aliphatic heterocycles. The lowest BCUT2D eigenvalue weighted by molar-refractivity contribution is -0.137. The van der Waals surface area contributed by atoms with E-state index in [0.717, 1.165) is 12.1 Å². The summed E-state index contributed by atoms with van der Waals surface area (Å²) >= 11 is 0. The molecule has 0 saturated heterocycles. The Hall–Kier alpha value is -3.49. The number of aromatic nitrogens is 5. The van der Waals surface area contributed by atoms with E-state index in [4.69, 9.17) is 4.42 Å². The Morgan fingerprint density at radius 1 is 1.10 bits per heavy atom. The van der Waals surface area contributed by atoms with Gasteiger partial charge in [-0.05, 0) is 36.2 Å². The number of halogens is 3. The molecule has 0 N–H and O–H groups in total. The standard InChI is InChI=1S/C21H18F3N5O/c1-13(2)9-18-27-19(17-12-30-20(26-17)14-5-4-8-25-11-14)29(28-18)16-7-3-6-15(10-16)21(22,23)24/h3-8,10-13H,9H2,1-2H3. The molecule has 0 bridgehead atoms. The molecule has 0 radical (unpaired) electrons. The number of benzene rings is 1. The van der Waals surface area contributed by atoms with Crippen LogP contribution in [0.4, 0.5) is 13.2 Å². The molecule has 4 rings (SSSR count). The highest BCUT2D eigenvalue weighted by molar-refractivity contribution is 5.59. The molecule has 4 aromatic rings. The van der Waals surface area contributed by atoms with Crippen molar-refractivity contribution in [1.29, 1.82) is 0 Å². The highest BCUT2D eigenvalue weighted by Crippen LogP contribution is 2.31. The summed E-state index contributed by atoms with van der Waals surface area (Å²) < 4.78 is 46.5. The van der Waals surface area contributed by atoms with E-state index in [2.05, 4.69) is 20.1 Å². The fourth-order valence-corrected chi connectivity index (χ4v) is 2.96. The predicted octanol–water partition coefficient (Wildman–Crippen LogP) is 5.20. The molecular formula is C21H18F3N5O. The fraction of sp³-hybridized carbons (Fsp3) is 0.238. The van der Waals surface area contributed by atoms with Gasteiger partial charge in [-0.3, -0.25) is 4.98 Å². The van der Waals surface area contributed by atoms with E-state index in [1.165, 1.54) is 17.0 Å². The molecule has 0 atom stereocenters. The molecule has 3 heterocycles. The van der Waals surface area contributed by atoms with Crippen LogP contribution in [0.2, 0.25) is 0 Å². The Kier molecular flexibility index (Phi) is 5.11. The lowest BCUT2D eigenvalue weighted by Gasteiger charge is -2.09. The van der Waals surface area contributed by atoms with Crippen molar-refractivity contribution < 1.29 is 17.6 Å². The molecule has 154 valence electrons. The zero-order chi connectivity index (χ0) is 21.3. The zero-order valence-electron chi connectivity index (χ0n) is 16.3. The van der Waals surface area contributed by atoms with Crippen LogP contribution in [0.1, 0.15) is 25.2 Å². The van der Waals surface area contributed by atoms with Crippen LogP contribution in [0.25, 0.3) is 28.7 Å². The summed E-state index contributed by atoms with van der Waals surface area (Å²) in [7, 11) is 0. The molecule has 0 unspecified atom stereocenters. The topological polar surface area (TPSA) is 69.6 Å². The third-order valence-electron chi connectivity index (χ3n) is 4.30. The van der Waals surface area contributed by atoms with Gasteiger partial charge in [0.2, 0.25) is 5.89 Å². The summed E-state index contributed by atoms with van der Waals surface area (Å²) in [6.45, 7) is 4.03. The molecule has 0 saturated carbocycles. The highest BCUT2D eigenvalue weighted by atomic mass is 19.4. The molecule has 30 heavy (non-hydrogen) atoms. The second kappa shape index (κ2) is 7.74. The van der Waals surface area contributed by atoms with Crippen molar-refractivity contribution in [2.24, 2.45) is 5.92 Å². The Morgan fingerprint density at radius 2 is 1.93 bits per heavy atom. The number of hydrogen-bond donors (Lipinski definition) is 0. The first-order chi connectivity index (χ1) is 14.3. The molecule has 0 aliphatic carbocycles. The molecule has 0 fully saturated rings. The largest absolute Gasteiger partial charge is 0.444 e. The van der Waals surface area contributed by atoms with Crippen LogP contribution in [0.15, 0.2) is 59.5 Å². The normalized spacial score (nSPS) is 11.9. The lowest BCUT2D eigenvalue weighted by atomic mass is 10.1. The van der Waals surface area contributed by atoms with E-state index in [9.17, 15) is 13.2 Å². The maximum atomic E-state index is 13.2. The molecule has 0 spiro atoms. The molecule has 6 nitrogen and oxygen atoms in total. The molecular weight excluding hydrogens is 395 g/mol. The summed E-state index contributed by atoms with van der Waals surface area (Å²) in [6.07, 6.45) is 0.772. The van der Waals surface area contributed by atoms with Crippen LogP contribution in [-0.2, 0) is 12.6 Å². The van der Waals surface area contributed by atoms with Gasteiger partial charge in [0.05, 0.1) is 16.8 Å². The minimum Gasteiger partial charge on any atom is -0.444 e. The van der Waals surface area contributed by atoms with Crippen LogP contribution < -0.4 is 0 Å². The van der Waals surface area contributed by atoms with Crippen molar-refractivity contribution in [3.05, 3.63) is 66.4 Å². The number of alkyl halides is 3. The van der Waals surface area contributed by atoms with Crippen molar-refractivity contribution in [3.63, 3.8) is 0 Å². The van der Waals surface area contributed by atoms with Crippen LogP contribution >= 0.6 is 0 Å². The molecule has 0 aliphatic rings. The van der Waals surface area contributed by atoms with Crippen molar-refractivity contribution >= 4 is 0 Å². The van der Waals surface area contributed by atoms with Gasteiger partial charge in [0.1, 0.15) is 12.0 Å². The highest BCUT2D eigenvalue weighted by Gasteiger charge is 2.31. The summed E-state index contributed by atoms with van der Waals surface area (Å²) in [5.41, 5.74) is 0.529. The minimum atomic E-state index is -4.46. The van der Waals surface area contributed by atoms with Gasteiger partial charge in [0, 0.05) is 18.8 Å². The minimum absolute atomic E-state index is 0.244. The first-order valence-electron chi connectivity index (χ1n) is 9.31. The number of oxazole rings is 1. The summed E-state index contributed by atoms with van der Waals surface area (Å²) in [6, 6.07) is 8.50. The van der Waals surface area contributed by atoms with E-state index in [1.54, 1.807) is 30.6 Å². The van der Waals surface area contributed by atoms with Gasteiger partial charge < -0.3 is 4.42 Å². The Morgan fingerprint density at radius 3 is 2.63 bits per heavy atom. The van der Waals surface area contributed by atoms with E-state index in [0.29, 0.717) is 35.2 Å². The monoisotopic (exact) mass is 413 g/mol. The third kappa shape index (κ3) is 4.10. The average Bonchev–Trinajstić information content (AvgIpc) is 3.35. The second-order valence-corrected chi connectivity index (χ2v) is 7.19. The van der Waals surface area contributed by atoms with E-state index in [1.807, 2.05) is 13.8 Å². The zero-order valence-corrected chi connectivity index (χ0v) is 16.3. The molecule has 3 aromatic heterocycles. The summed E-state index contributed by atoms with van der Waals surface area (Å²) in [5.74, 6) is 1.44. The van der Waals surface area contributed by atoms with Crippen LogP contribution in [-0.4, -0.2) is 24.7 Å². The number of pyridine rings is 1. The number of rotatable bonds is 5. The predicted molar refractivity (Wildman–Crippen MR) is 104 cm³/mol. The van der Waals surface area contributed by atoms with Crippen molar-refractivity contribution in [1.82, 2.24) is 24.7 Å². The first-order valence-corrected chi connectivity index (χ1v) is 9.31. The van der Waals surface area contributed by atoms with E-state index < -0.39 is 11.7 Å². The Balaban J connectivity index is 1.81. The maximum absolute atomic E-state index is 13.2. The van der Waals surface area contributed by atoms with Gasteiger partial charge in [-0.15, -0.1) is 0 Å². The number of hydrogen-bond acceptors (Lipinski definition) is 5. The van der Waals surface area contributed by atoms with Crippen LogP contribution in [0.5, 0.6) is 0 Å². The van der Waals surface area contributed by atoms with Gasteiger partial charge in [-0.1, -0.05) is 19.9 Å². The molecule has 0 amide bonds. The Bertz CT molecular complexity index is 1150. The van der Waals surface area contributed by atoms with Gasteiger partial charge in [0.15, 0.2) is 11.6 Å². The van der Waals surface area contributed by atoms with Crippen molar-refractivity contribution in [2.75, 3.05) is 0 Å². The maximum Gasteiger partial charge on any atom is 0.416 e. The first kappa shape index (κ1) is 19.8. The fourth-order valence-electron chi connectivity index (χ4n) is 2.96. The van der Waals surface area contributed by atoms with Crippen LogP contribution in [0.3, 0.4) is 0 Å². The Labute approximate surface area is 170 Å². The number of nitrogens with zero attached hydrogens (tertiary/aromatic N) is 5. The summed E-state index contributed by atoms with van der Waals surface area (Å²) in [4.78, 5) is 13.0. The van der Waals surface area contributed by atoms with E-state index >= 15 is 0 Å². The van der Waals surface area contributed by atoms with E-state index in [-0.39, 0.29) is 11.6 Å². The molecule has 9 heteroatoms. The van der Waals surface area contributed by atoms with Crippen molar-refractivity contribution in [3.8, 4) is 28.7 Å². The quantitative estimate of drug-likeness (QED) is 0.450. The van der Waals surface area contributed by atoms with Gasteiger partial charge in [-0.2, -0.15) is 18.3 Å². The summed E-state index contributed by atoms with van der Waals surface area (Å²) in [5, 5.41) is 4.45. The molecule has 1 aromatic carbocycles. The average molecular weight is 413 g/mol. The van der Waals surface area contributed by atoms with Gasteiger partial charge >= 0.3 is 6.18 Å². The lowest BCUT2D eigenvalue weighted by Crippen LogP contribution is -2.07.